The van der Waals surface area contributed by atoms with E-state index in [1.807, 2.05) is 49.1 Å². The molecule has 0 saturated heterocycles. The Kier molecular flexibility index (Phi) is 5.06. The quantitative estimate of drug-likeness (QED) is 0.891. The zero-order valence-electron chi connectivity index (χ0n) is 14.9. The Morgan fingerprint density at radius 1 is 1.20 bits per heavy atom. The lowest BCUT2D eigenvalue weighted by Gasteiger charge is -2.32. The molecular formula is C19H26N4O2. The Bertz CT molecular complexity index is 665. The van der Waals surface area contributed by atoms with Crippen LogP contribution in [0.1, 0.15) is 46.0 Å². The van der Waals surface area contributed by atoms with E-state index in [1.165, 1.54) is 0 Å². The standard InChI is InChI=1S/C19H26N4O2/c1-13(2)22(14-8-6-7-9-14)19(25)16-12-17(18(20)24)23(21-16)15-10-4-3-5-11-15/h3-5,10-11,13-14,17H,6-9,12H2,1-2H3,(H2,20,24). The fourth-order valence-electron chi connectivity index (χ4n) is 3.83. The second-order valence-corrected chi connectivity index (χ2v) is 7.09. The van der Waals surface area contributed by atoms with E-state index in [4.69, 9.17) is 5.73 Å². The number of hydrogen-bond donors (Lipinski definition) is 1. The van der Waals surface area contributed by atoms with E-state index < -0.39 is 11.9 Å². The second-order valence-electron chi connectivity index (χ2n) is 7.09. The van der Waals surface area contributed by atoms with Gasteiger partial charge in [-0.3, -0.25) is 14.6 Å². The molecule has 2 N–H and O–H groups in total. The van der Waals surface area contributed by atoms with E-state index in [-0.39, 0.29) is 24.4 Å². The molecule has 1 heterocycles. The highest BCUT2D eigenvalue weighted by atomic mass is 16.2. The first-order valence-corrected chi connectivity index (χ1v) is 9.02. The zero-order valence-corrected chi connectivity index (χ0v) is 14.9. The number of carbonyl (C=O) groups is 2. The van der Waals surface area contributed by atoms with Gasteiger partial charge >= 0.3 is 0 Å². The molecule has 6 nitrogen and oxygen atoms in total. The fourth-order valence-corrected chi connectivity index (χ4v) is 3.83. The number of nitrogens with two attached hydrogens (primary N) is 1. The first-order chi connectivity index (χ1) is 12.0. The Morgan fingerprint density at radius 2 is 1.84 bits per heavy atom. The van der Waals surface area contributed by atoms with E-state index in [9.17, 15) is 9.59 Å². The van der Waals surface area contributed by atoms with Crippen LogP contribution >= 0.6 is 0 Å². The maximum absolute atomic E-state index is 13.1. The van der Waals surface area contributed by atoms with Gasteiger partial charge in [0.1, 0.15) is 11.8 Å². The molecule has 2 aliphatic rings. The van der Waals surface area contributed by atoms with Crippen molar-refractivity contribution in [3.63, 3.8) is 0 Å². The van der Waals surface area contributed by atoms with E-state index in [0.717, 1.165) is 31.4 Å². The van der Waals surface area contributed by atoms with Gasteiger partial charge in [0.25, 0.3) is 5.91 Å². The van der Waals surface area contributed by atoms with Crippen LogP contribution < -0.4 is 10.7 Å². The molecule has 3 rings (SSSR count). The lowest BCUT2D eigenvalue weighted by molar-refractivity contribution is -0.128. The summed E-state index contributed by atoms with van der Waals surface area (Å²) < 4.78 is 0. The topological polar surface area (TPSA) is 79.0 Å². The molecule has 1 saturated carbocycles. The Balaban J connectivity index is 1.87. The number of para-hydroxylation sites is 1. The van der Waals surface area contributed by atoms with Crippen LogP contribution in [0.5, 0.6) is 0 Å². The van der Waals surface area contributed by atoms with Crippen LogP contribution in [0.25, 0.3) is 0 Å². The molecule has 1 atom stereocenters. The number of primary amides is 1. The third-order valence-corrected chi connectivity index (χ3v) is 5.02. The summed E-state index contributed by atoms with van der Waals surface area (Å²) in [7, 11) is 0. The summed E-state index contributed by atoms with van der Waals surface area (Å²) in [6, 6.07) is 9.15. The summed E-state index contributed by atoms with van der Waals surface area (Å²) in [6.07, 6.45) is 4.66. The Hall–Kier alpha value is -2.37. The molecule has 0 bridgehead atoms. The van der Waals surface area contributed by atoms with Crippen LogP contribution in [0, 0.1) is 0 Å². The molecule has 25 heavy (non-hydrogen) atoms. The minimum absolute atomic E-state index is 0.0634. The summed E-state index contributed by atoms with van der Waals surface area (Å²) in [5.74, 6) is -0.529. The van der Waals surface area contributed by atoms with Gasteiger partial charge in [-0.25, -0.2) is 0 Å². The molecule has 0 radical (unpaired) electrons. The number of nitrogens with zero attached hydrogens (tertiary/aromatic N) is 3. The minimum atomic E-state index is -0.612. The van der Waals surface area contributed by atoms with Crippen LogP contribution in [0.3, 0.4) is 0 Å². The van der Waals surface area contributed by atoms with Gasteiger partial charge in [-0.15, -0.1) is 0 Å². The van der Waals surface area contributed by atoms with E-state index >= 15 is 0 Å². The van der Waals surface area contributed by atoms with Crippen molar-refractivity contribution < 1.29 is 9.59 Å². The Labute approximate surface area is 148 Å². The second kappa shape index (κ2) is 7.25. The molecule has 1 aliphatic heterocycles. The number of carbonyl (C=O) groups excluding carboxylic acids is 2. The number of hydrazone groups is 1. The average Bonchev–Trinajstić information content (AvgIpc) is 3.25. The van der Waals surface area contributed by atoms with Gasteiger partial charge in [-0.05, 0) is 38.8 Å². The van der Waals surface area contributed by atoms with Gasteiger partial charge in [0.05, 0.1) is 5.69 Å². The van der Waals surface area contributed by atoms with Crippen molar-refractivity contribution in [1.82, 2.24) is 4.90 Å². The number of hydrogen-bond acceptors (Lipinski definition) is 4. The van der Waals surface area contributed by atoms with Gasteiger partial charge in [-0.2, -0.15) is 5.10 Å². The molecule has 2 amide bonds. The predicted molar refractivity (Wildman–Crippen MR) is 98.2 cm³/mol. The van der Waals surface area contributed by atoms with Crippen LogP contribution in [0.15, 0.2) is 35.4 Å². The van der Waals surface area contributed by atoms with Gasteiger partial charge < -0.3 is 10.6 Å². The van der Waals surface area contributed by atoms with Crippen molar-refractivity contribution in [2.45, 2.75) is 64.1 Å². The summed E-state index contributed by atoms with van der Waals surface area (Å²) in [6.45, 7) is 4.07. The monoisotopic (exact) mass is 342 g/mol. The summed E-state index contributed by atoms with van der Waals surface area (Å²) in [4.78, 5) is 27.0. The van der Waals surface area contributed by atoms with Crippen molar-refractivity contribution >= 4 is 23.2 Å². The van der Waals surface area contributed by atoms with E-state index in [0.29, 0.717) is 5.71 Å². The maximum atomic E-state index is 13.1. The fraction of sp³-hybridized carbons (Fsp3) is 0.526. The summed E-state index contributed by atoms with van der Waals surface area (Å²) in [5.41, 5.74) is 6.76. The highest BCUT2D eigenvalue weighted by Gasteiger charge is 2.39. The van der Waals surface area contributed by atoms with Crippen molar-refractivity contribution in [2.75, 3.05) is 5.01 Å². The third kappa shape index (κ3) is 3.52. The number of benzene rings is 1. The lowest BCUT2D eigenvalue weighted by Crippen LogP contribution is -2.47. The number of anilines is 1. The normalized spacial score (nSPS) is 20.8. The molecule has 1 aromatic carbocycles. The van der Waals surface area contributed by atoms with Gasteiger partial charge in [0.2, 0.25) is 5.91 Å². The van der Waals surface area contributed by atoms with Gasteiger partial charge in [0.15, 0.2) is 0 Å². The lowest BCUT2D eigenvalue weighted by atomic mass is 10.1. The summed E-state index contributed by atoms with van der Waals surface area (Å²) >= 11 is 0. The number of amides is 2. The van der Waals surface area contributed by atoms with Gasteiger partial charge in [-0.1, -0.05) is 31.0 Å². The van der Waals surface area contributed by atoms with E-state index in [1.54, 1.807) is 5.01 Å². The summed E-state index contributed by atoms with van der Waals surface area (Å²) in [5, 5.41) is 6.08. The molecule has 134 valence electrons. The molecule has 6 heteroatoms. The largest absolute Gasteiger partial charge is 0.368 e. The van der Waals surface area contributed by atoms with Crippen molar-refractivity contribution in [3.8, 4) is 0 Å². The van der Waals surface area contributed by atoms with Crippen molar-refractivity contribution in [3.05, 3.63) is 30.3 Å². The zero-order chi connectivity index (χ0) is 18.0. The van der Waals surface area contributed by atoms with Crippen LogP contribution in [0.4, 0.5) is 5.69 Å². The minimum Gasteiger partial charge on any atom is -0.368 e. The van der Waals surface area contributed by atoms with Crippen LogP contribution in [-0.2, 0) is 9.59 Å². The highest BCUT2D eigenvalue weighted by Crippen LogP contribution is 2.29. The first kappa shape index (κ1) is 17.5. The third-order valence-electron chi connectivity index (χ3n) is 5.02. The average molecular weight is 342 g/mol. The molecule has 0 aromatic heterocycles. The molecule has 0 spiro atoms. The van der Waals surface area contributed by atoms with Crippen molar-refractivity contribution in [1.29, 1.82) is 0 Å². The molecular weight excluding hydrogens is 316 g/mol. The molecule has 1 aliphatic carbocycles. The molecule has 1 unspecified atom stereocenters. The first-order valence-electron chi connectivity index (χ1n) is 9.02. The van der Waals surface area contributed by atoms with Crippen LogP contribution in [0.2, 0.25) is 0 Å². The smallest absolute Gasteiger partial charge is 0.270 e. The maximum Gasteiger partial charge on any atom is 0.270 e. The van der Waals surface area contributed by atoms with Gasteiger partial charge in [0, 0.05) is 18.5 Å². The molecule has 1 aromatic rings. The Morgan fingerprint density at radius 3 is 2.40 bits per heavy atom. The van der Waals surface area contributed by atoms with E-state index in [2.05, 4.69) is 5.10 Å². The SMILES string of the molecule is CC(C)N(C(=O)C1=NN(c2ccccc2)C(C(N)=O)C1)C1CCCC1. The van der Waals surface area contributed by atoms with Crippen molar-refractivity contribution in [2.24, 2.45) is 10.8 Å². The predicted octanol–water partition coefficient (Wildman–Crippen LogP) is 2.29. The number of rotatable bonds is 5. The van der Waals surface area contributed by atoms with Crippen LogP contribution in [-0.4, -0.2) is 40.6 Å². The highest BCUT2D eigenvalue weighted by molar-refractivity contribution is 6.40. The molecule has 1 fully saturated rings.